The van der Waals surface area contributed by atoms with E-state index in [9.17, 15) is 4.79 Å². The fraction of sp³-hybridized carbons (Fsp3) is 0.500. The van der Waals surface area contributed by atoms with Crippen molar-refractivity contribution in [1.29, 1.82) is 0 Å². The van der Waals surface area contributed by atoms with Crippen LogP contribution in [0.4, 0.5) is 5.69 Å². The minimum atomic E-state index is -0.555. The quantitative estimate of drug-likeness (QED) is 0.302. The second-order valence-corrected chi connectivity index (χ2v) is 5.71. The number of nitrogens with one attached hydrogen (secondary N) is 1. The molecule has 0 spiro atoms. The number of amidine groups is 1. The van der Waals surface area contributed by atoms with Crippen LogP contribution in [0.3, 0.4) is 0 Å². The van der Waals surface area contributed by atoms with Crippen molar-refractivity contribution in [2.75, 3.05) is 52.6 Å². The van der Waals surface area contributed by atoms with Crippen LogP contribution in [0.15, 0.2) is 23.3 Å². The highest BCUT2D eigenvalue weighted by Gasteiger charge is 2.21. The molecular weight excluding hydrogens is 369 g/mol. The second kappa shape index (κ2) is 11.9. The van der Waals surface area contributed by atoms with E-state index in [0.29, 0.717) is 42.0 Å². The molecule has 0 saturated carbocycles. The number of rotatable bonds is 9. The molecule has 0 saturated heterocycles. The van der Waals surface area contributed by atoms with Crippen LogP contribution in [0.25, 0.3) is 0 Å². The van der Waals surface area contributed by atoms with Gasteiger partial charge in [0.25, 0.3) is 0 Å². The van der Waals surface area contributed by atoms with Gasteiger partial charge in [0.05, 0.1) is 30.5 Å². The minimum Gasteiger partial charge on any atom is -0.460 e. The van der Waals surface area contributed by atoms with Crippen LogP contribution in [0, 0.1) is 0 Å². The van der Waals surface area contributed by atoms with Crippen molar-refractivity contribution in [1.82, 2.24) is 4.90 Å². The number of anilines is 1. The van der Waals surface area contributed by atoms with Gasteiger partial charge in [0.2, 0.25) is 5.84 Å². The van der Waals surface area contributed by atoms with Crippen molar-refractivity contribution in [3.05, 3.63) is 28.2 Å². The molecule has 0 amide bonds. The second-order valence-electron chi connectivity index (χ2n) is 4.86. The van der Waals surface area contributed by atoms with Gasteiger partial charge in [-0.2, -0.15) is 0 Å². The van der Waals surface area contributed by atoms with E-state index in [2.05, 4.69) is 10.5 Å². The van der Waals surface area contributed by atoms with Crippen LogP contribution in [0.5, 0.6) is 0 Å². The summed E-state index contributed by atoms with van der Waals surface area (Å²) in [5.41, 5.74) is 3.25. The Hall–Kier alpha value is -1.54. The summed E-state index contributed by atoms with van der Waals surface area (Å²) in [6.07, 6.45) is 0. The zero-order chi connectivity index (χ0) is 18.7. The number of ether oxygens (including phenoxy) is 3. The van der Waals surface area contributed by atoms with Gasteiger partial charge in [-0.1, -0.05) is 23.2 Å². The van der Waals surface area contributed by atoms with E-state index in [4.69, 9.17) is 37.4 Å². The molecule has 140 valence electrons. The van der Waals surface area contributed by atoms with E-state index in [1.54, 1.807) is 44.2 Å². The SMILES string of the molecule is CCOC(=O)/C(=N/Nc1cc(Cl)ccc1Cl)N(CCOC)CCOC. The van der Waals surface area contributed by atoms with Crippen LogP contribution in [0.1, 0.15) is 6.92 Å². The highest BCUT2D eigenvalue weighted by atomic mass is 35.5. The van der Waals surface area contributed by atoms with Gasteiger partial charge in [-0.3, -0.25) is 5.43 Å². The van der Waals surface area contributed by atoms with E-state index in [1.165, 1.54) is 0 Å². The van der Waals surface area contributed by atoms with Gasteiger partial charge in [-0.05, 0) is 25.1 Å². The number of hydrogen-bond donors (Lipinski definition) is 1. The molecule has 0 bridgehead atoms. The summed E-state index contributed by atoms with van der Waals surface area (Å²) in [6.45, 7) is 3.69. The first-order valence-corrected chi connectivity index (χ1v) is 8.47. The molecule has 0 unspecified atom stereocenters. The Morgan fingerprint density at radius 2 is 1.84 bits per heavy atom. The molecule has 0 aliphatic rings. The highest BCUT2D eigenvalue weighted by Crippen LogP contribution is 2.25. The first kappa shape index (κ1) is 21.5. The van der Waals surface area contributed by atoms with E-state index in [-0.39, 0.29) is 12.4 Å². The molecule has 1 rings (SSSR count). The number of benzene rings is 1. The number of nitrogens with zero attached hydrogens (tertiary/aromatic N) is 2. The van der Waals surface area contributed by atoms with Gasteiger partial charge in [-0.15, -0.1) is 5.10 Å². The smallest absolute Gasteiger partial charge is 0.375 e. The third-order valence-electron chi connectivity index (χ3n) is 3.10. The average Bonchev–Trinajstić information content (AvgIpc) is 2.59. The maximum atomic E-state index is 12.3. The topological polar surface area (TPSA) is 72.4 Å². The summed E-state index contributed by atoms with van der Waals surface area (Å²) in [5, 5.41) is 5.11. The molecule has 0 aliphatic carbocycles. The number of hydrazone groups is 1. The van der Waals surface area contributed by atoms with Crippen LogP contribution in [-0.2, 0) is 19.0 Å². The number of methoxy groups -OCH3 is 2. The summed E-state index contributed by atoms with van der Waals surface area (Å²) in [4.78, 5) is 14.0. The van der Waals surface area contributed by atoms with E-state index >= 15 is 0 Å². The van der Waals surface area contributed by atoms with Gasteiger partial charge in [0.15, 0.2) is 0 Å². The lowest BCUT2D eigenvalue weighted by Crippen LogP contribution is -2.42. The normalized spacial score (nSPS) is 11.3. The van der Waals surface area contributed by atoms with Crippen molar-refractivity contribution in [2.24, 2.45) is 5.10 Å². The Balaban J connectivity index is 3.06. The Kier molecular flexibility index (Phi) is 10.3. The predicted molar refractivity (Wildman–Crippen MR) is 99.5 cm³/mol. The Morgan fingerprint density at radius 3 is 2.40 bits per heavy atom. The lowest BCUT2D eigenvalue weighted by Gasteiger charge is -2.24. The van der Waals surface area contributed by atoms with Crippen LogP contribution < -0.4 is 5.43 Å². The van der Waals surface area contributed by atoms with Crippen LogP contribution in [0.2, 0.25) is 10.0 Å². The summed E-state index contributed by atoms with van der Waals surface area (Å²) in [6, 6.07) is 4.92. The number of carbonyl (C=O) groups excluding carboxylic acids is 1. The third-order valence-corrected chi connectivity index (χ3v) is 3.66. The van der Waals surface area contributed by atoms with Crippen molar-refractivity contribution in [3.8, 4) is 0 Å². The monoisotopic (exact) mass is 391 g/mol. The summed E-state index contributed by atoms with van der Waals surface area (Å²) in [7, 11) is 3.17. The molecule has 0 aliphatic heterocycles. The lowest BCUT2D eigenvalue weighted by molar-refractivity contribution is -0.136. The van der Waals surface area contributed by atoms with E-state index in [1.807, 2.05) is 0 Å². The van der Waals surface area contributed by atoms with Gasteiger partial charge < -0.3 is 19.1 Å². The standard InChI is InChI=1S/C16H23Cl2N3O4/c1-4-25-16(22)15(21(7-9-23-2)8-10-24-3)20-19-14-11-12(17)5-6-13(14)18/h5-6,11,19H,4,7-10H2,1-3H3/b20-15-. The van der Waals surface area contributed by atoms with Gasteiger partial charge in [-0.25, -0.2) is 4.79 Å². The number of esters is 1. The van der Waals surface area contributed by atoms with E-state index in [0.717, 1.165) is 0 Å². The first-order chi connectivity index (χ1) is 12.0. The number of halogens is 2. The molecule has 25 heavy (non-hydrogen) atoms. The molecular formula is C16H23Cl2N3O4. The van der Waals surface area contributed by atoms with Crippen molar-refractivity contribution >= 4 is 40.7 Å². The highest BCUT2D eigenvalue weighted by molar-refractivity contribution is 6.36. The van der Waals surface area contributed by atoms with Gasteiger partial charge >= 0.3 is 5.97 Å². The zero-order valence-electron chi connectivity index (χ0n) is 14.6. The third kappa shape index (κ3) is 7.48. The molecule has 7 nitrogen and oxygen atoms in total. The molecule has 0 heterocycles. The molecule has 0 atom stereocenters. The van der Waals surface area contributed by atoms with Crippen molar-refractivity contribution in [3.63, 3.8) is 0 Å². The first-order valence-electron chi connectivity index (χ1n) is 7.72. The lowest BCUT2D eigenvalue weighted by atomic mass is 10.3. The zero-order valence-corrected chi connectivity index (χ0v) is 16.1. The van der Waals surface area contributed by atoms with Gasteiger partial charge in [0, 0.05) is 32.3 Å². The van der Waals surface area contributed by atoms with Crippen molar-refractivity contribution < 1.29 is 19.0 Å². The fourth-order valence-corrected chi connectivity index (χ4v) is 2.20. The Bertz CT molecular complexity index is 576. The maximum Gasteiger partial charge on any atom is 0.375 e. The molecule has 9 heteroatoms. The van der Waals surface area contributed by atoms with Crippen LogP contribution >= 0.6 is 23.2 Å². The molecule has 1 N–H and O–H groups in total. The van der Waals surface area contributed by atoms with Gasteiger partial charge in [0.1, 0.15) is 0 Å². The fourth-order valence-electron chi connectivity index (χ4n) is 1.86. The number of hydrogen-bond acceptors (Lipinski definition) is 6. The summed E-state index contributed by atoms with van der Waals surface area (Å²) < 4.78 is 15.3. The minimum absolute atomic E-state index is 0.104. The van der Waals surface area contributed by atoms with E-state index < -0.39 is 5.97 Å². The predicted octanol–water partition coefficient (Wildman–Crippen LogP) is 2.88. The summed E-state index contributed by atoms with van der Waals surface area (Å²) in [5.74, 6) is -0.452. The average molecular weight is 392 g/mol. The molecule has 0 aromatic heterocycles. The number of carbonyl (C=O) groups is 1. The molecule has 1 aromatic carbocycles. The molecule has 0 radical (unpaired) electrons. The molecule has 1 aromatic rings. The molecule has 0 fully saturated rings. The largest absolute Gasteiger partial charge is 0.460 e. The van der Waals surface area contributed by atoms with Crippen molar-refractivity contribution in [2.45, 2.75) is 6.92 Å². The Morgan fingerprint density at radius 1 is 1.20 bits per heavy atom. The maximum absolute atomic E-state index is 12.3. The Labute approximate surface area is 157 Å². The van der Waals surface area contributed by atoms with Crippen LogP contribution in [-0.4, -0.2) is 63.8 Å². The summed E-state index contributed by atoms with van der Waals surface area (Å²) >= 11 is 12.1.